The van der Waals surface area contributed by atoms with Gasteiger partial charge in [-0.1, -0.05) is 6.92 Å². The number of hydrogen-bond donors (Lipinski definition) is 2. The number of carboxylic acids is 1. The van der Waals surface area contributed by atoms with E-state index >= 15 is 0 Å². The number of anilines is 1. The molecule has 1 heterocycles. The zero-order chi connectivity index (χ0) is 9.84. The third kappa shape index (κ3) is 2.18. The summed E-state index contributed by atoms with van der Waals surface area (Å²) in [6.45, 7) is 4.51. The van der Waals surface area contributed by atoms with Crippen LogP contribution in [0, 0.1) is 6.92 Å². The smallest absolute Gasteiger partial charge is 0.340 e. The number of nitrogens with zero attached hydrogens (tertiary/aromatic N) is 1. The average Bonchev–Trinajstić information content (AvgIpc) is 2.43. The van der Waals surface area contributed by atoms with Crippen molar-refractivity contribution >= 4 is 22.5 Å². The number of aromatic nitrogens is 1. The van der Waals surface area contributed by atoms with Crippen molar-refractivity contribution in [2.45, 2.75) is 20.3 Å². The van der Waals surface area contributed by atoms with E-state index < -0.39 is 5.97 Å². The summed E-state index contributed by atoms with van der Waals surface area (Å²) >= 11 is 1.20. The number of rotatable bonds is 4. The Morgan fingerprint density at radius 2 is 2.38 bits per heavy atom. The first-order valence-corrected chi connectivity index (χ1v) is 4.87. The molecule has 0 bridgehead atoms. The molecule has 0 radical (unpaired) electrons. The van der Waals surface area contributed by atoms with Gasteiger partial charge >= 0.3 is 5.97 Å². The minimum atomic E-state index is -0.912. The maximum Gasteiger partial charge on any atom is 0.340 e. The molecule has 0 fully saturated rings. The topological polar surface area (TPSA) is 62.2 Å². The quantitative estimate of drug-likeness (QED) is 0.780. The molecule has 0 unspecified atom stereocenters. The fraction of sp³-hybridized carbons (Fsp3) is 0.500. The first kappa shape index (κ1) is 9.98. The van der Waals surface area contributed by atoms with Crippen molar-refractivity contribution in [3.63, 3.8) is 0 Å². The van der Waals surface area contributed by atoms with Gasteiger partial charge in [0.2, 0.25) is 0 Å². The Balaban J connectivity index is 2.87. The predicted molar refractivity (Wildman–Crippen MR) is 52.6 cm³/mol. The lowest BCUT2D eigenvalue weighted by atomic mass is 10.2. The van der Waals surface area contributed by atoms with Crippen LogP contribution in [0.3, 0.4) is 0 Å². The van der Waals surface area contributed by atoms with Crippen molar-refractivity contribution in [2.24, 2.45) is 0 Å². The lowest BCUT2D eigenvalue weighted by Gasteiger charge is -2.01. The minimum absolute atomic E-state index is 0.304. The molecule has 0 aliphatic heterocycles. The van der Waals surface area contributed by atoms with Crippen molar-refractivity contribution in [1.29, 1.82) is 0 Å². The number of carboxylic acid groups (broad SMARTS) is 1. The molecule has 0 spiro atoms. The molecular formula is C8H12N2O2S. The van der Waals surface area contributed by atoms with Gasteiger partial charge in [-0.2, -0.15) is 4.37 Å². The van der Waals surface area contributed by atoms with E-state index in [2.05, 4.69) is 9.69 Å². The highest BCUT2D eigenvalue weighted by Gasteiger charge is 2.16. The Kier molecular flexibility index (Phi) is 3.25. The summed E-state index contributed by atoms with van der Waals surface area (Å²) < 4.78 is 3.99. The number of nitrogens with one attached hydrogen (secondary N) is 1. The van der Waals surface area contributed by atoms with Crippen LogP contribution in [-0.2, 0) is 0 Å². The van der Waals surface area contributed by atoms with Crippen molar-refractivity contribution < 1.29 is 9.90 Å². The molecule has 0 aliphatic carbocycles. The van der Waals surface area contributed by atoms with Gasteiger partial charge < -0.3 is 10.4 Å². The third-order valence-electron chi connectivity index (χ3n) is 1.61. The van der Waals surface area contributed by atoms with Gasteiger partial charge in [-0.25, -0.2) is 4.79 Å². The lowest BCUT2D eigenvalue weighted by Crippen LogP contribution is -2.05. The van der Waals surface area contributed by atoms with E-state index in [9.17, 15) is 4.79 Å². The van der Waals surface area contributed by atoms with Gasteiger partial charge in [-0.3, -0.25) is 0 Å². The van der Waals surface area contributed by atoms with Crippen molar-refractivity contribution in [3.05, 3.63) is 11.3 Å². The molecule has 0 saturated carbocycles. The molecule has 1 aromatic rings. The second-order valence-electron chi connectivity index (χ2n) is 2.70. The zero-order valence-electron chi connectivity index (χ0n) is 7.63. The lowest BCUT2D eigenvalue weighted by molar-refractivity contribution is 0.0697. The van der Waals surface area contributed by atoms with Crippen LogP contribution >= 0.6 is 11.5 Å². The number of aromatic carboxylic acids is 1. The Labute approximate surface area is 80.8 Å². The van der Waals surface area contributed by atoms with E-state index in [1.807, 2.05) is 6.92 Å². The Bertz CT molecular complexity index is 309. The van der Waals surface area contributed by atoms with E-state index in [-0.39, 0.29) is 0 Å². The monoisotopic (exact) mass is 200 g/mol. The van der Waals surface area contributed by atoms with Crippen LogP contribution in [0.25, 0.3) is 0 Å². The standard InChI is InChI=1S/C8H12N2O2S/c1-3-4-9-7-6(8(11)12)5(2)10-13-7/h9H,3-4H2,1-2H3,(H,11,12). The molecule has 0 saturated heterocycles. The molecule has 5 heteroatoms. The van der Waals surface area contributed by atoms with Crippen LogP contribution < -0.4 is 5.32 Å². The fourth-order valence-electron chi connectivity index (χ4n) is 0.981. The summed E-state index contributed by atoms with van der Waals surface area (Å²) in [5, 5.41) is 12.6. The second kappa shape index (κ2) is 4.23. The summed E-state index contributed by atoms with van der Waals surface area (Å²) in [5.74, 6) is -0.912. The average molecular weight is 200 g/mol. The molecule has 0 amide bonds. The van der Waals surface area contributed by atoms with Gasteiger partial charge in [0.1, 0.15) is 10.6 Å². The minimum Gasteiger partial charge on any atom is -0.478 e. The molecule has 1 rings (SSSR count). The number of aryl methyl sites for hydroxylation is 1. The van der Waals surface area contributed by atoms with Crippen LogP contribution in [-0.4, -0.2) is 22.0 Å². The van der Waals surface area contributed by atoms with E-state index in [1.165, 1.54) is 11.5 Å². The molecule has 2 N–H and O–H groups in total. The van der Waals surface area contributed by atoms with Crippen molar-refractivity contribution in [3.8, 4) is 0 Å². The molecule has 0 aliphatic rings. The van der Waals surface area contributed by atoms with Gasteiger partial charge in [0.15, 0.2) is 0 Å². The highest BCUT2D eigenvalue weighted by Crippen LogP contribution is 2.23. The predicted octanol–water partition coefficient (Wildman–Crippen LogP) is 1.97. The molecular weight excluding hydrogens is 188 g/mol. The SMILES string of the molecule is CCCNc1snc(C)c1C(=O)O. The fourth-order valence-corrected chi connectivity index (χ4v) is 1.79. The van der Waals surface area contributed by atoms with Crippen LogP contribution in [0.15, 0.2) is 0 Å². The van der Waals surface area contributed by atoms with Gasteiger partial charge in [-0.15, -0.1) is 0 Å². The first-order chi connectivity index (χ1) is 6.16. The molecule has 72 valence electrons. The van der Waals surface area contributed by atoms with Crippen LogP contribution in [0.2, 0.25) is 0 Å². The maximum atomic E-state index is 10.8. The highest BCUT2D eigenvalue weighted by atomic mass is 32.1. The van der Waals surface area contributed by atoms with Gasteiger partial charge in [0, 0.05) is 6.54 Å². The van der Waals surface area contributed by atoms with Crippen LogP contribution in [0.1, 0.15) is 29.4 Å². The van der Waals surface area contributed by atoms with Gasteiger partial charge in [-0.05, 0) is 24.9 Å². The molecule has 0 aromatic carbocycles. The van der Waals surface area contributed by atoms with Crippen molar-refractivity contribution in [1.82, 2.24) is 4.37 Å². The zero-order valence-corrected chi connectivity index (χ0v) is 8.44. The molecule has 1 aromatic heterocycles. The maximum absolute atomic E-state index is 10.8. The highest BCUT2D eigenvalue weighted by molar-refractivity contribution is 7.10. The number of hydrogen-bond acceptors (Lipinski definition) is 4. The molecule has 0 atom stereocenters. The van der Waals surface area contributed by atoms with Crippen molar-refractivity contribution in [2.75, 3.05) is 11.9 Å². The van der Waals surface area contributed by atoms with E-state index in [0.717, 1.165) is 13.0 Å². The number of carbonyl (C=O) groups is 1. The van der Waals surface area contributed by atoms with E-state index in [1.54, 1.807) is 6.92 Å². The summed E-state index contributed by atoms with van der Waals surface area (Å²) in [6.07, 6.45) is 0.968. The summed E-state index contributed by atoms with van der Waals surface area (Å²) in [7, 11) is 0. The largest absolute Gasteiger partial charge is 0.478 e. The third-order valence-corrected chi connectivity index (χ3v) is 2.51. The first-order valence-electron chi connectivity index (χ1n) is 4.10. The van der Waals surface area contributed by atoms with Crippen LogP contribution in [0.4, 0.5) is 5.00 Å². The normalized spacial score (nSPS) is 10.0. The Morgan fingerprint density at radius 3 is 2.92 bits per heavy atom. The summed E-state index contributed by atoms with van der Waals surface area (Å²) in [4.78, 5) is 10.8. The van der Waals surface area contributed by atoms with Gasteiger partial charge in [0.25, 0.3) is 0 Å². The van der Waals surface area contributed by atoms with E-state index in [4.69, 9.17) is 5.11 Å². The molecule has 13 heavy (non-hydrogen) atoms. The summed E-state index contributed by atoms with van der Waals surface area (Å²) in [6, 6.07) is 0. The second-order valence-corrected chi connectivity index (χ2v) is 3.48. The van der Waals surface area contributed by atoms with E-state index in [0.29, 0.717) is 16.3 Å². The Morgan fingerprint density at radius 1 is 1.69 bits per heavy atom. The van der Waals surface area contributed by atoms with Crippen LogP contribution in [0.5, 0.6) is 0 Å². The van der Waals surface area contributed by atoms with Gasteiger partial charge in [0.05, 0.1) is 5.69 Å². The summed E-state index contributed by atoms with van der Waals surface area (Å²) in [5.41, 5.74) is 0.884. The molecule has 4 nitrogen and oxygen atoms in total. The Hall–Kier alpha value is -1.10.